The first-order valence-corrected chi connectivity index (χ1v) is 7.51. The van der Waals surface area contributed by atoms with Gasteiger partial charge in [-0.15, -0.1) is 0 Å². The minimum absolute atomic E-state index is 0.223. The highest BCUT2D eigenvalue weighted by molar-refractivity contribution is 5.95. The van der Waals surface area contributed by atoms with Gasteiger partial charge in [-0.1, -0.05) is 0 Å². The van der Waals surface area contributed by atoms with Crippen molar-refractivity contribution in [3.8, 4) is 0 Å². The van der Waals surface area contributed by atoms with Crippen LogP contribution in [0.3, 0.4) is 0 Å². The molecule has 1 aromatic heterocycles. The number of ether oxygens (including phenoxy) is 1. The number of nitrogens with one attached hydrogen (secondary N) is 2. The van der Waals surface area contributed by atoms with Crippen LogP contribution >= 0.6 is 0 Å². The zero-order valence-electron chi connectivity index (χ0n) is 12.6. The van der Waals surface area contributed by atoms with Gasteiger partial charge < -0.3 is 20.1 Å². The number of hydrogen-bond donors (Lipinski definition) is 3. The van der Waals surface area contributed by atoms with E-state index in [-0.39, 0.29) is 5.56 Å². The Morgan fingerprint density at radius 1 is 1.08 bits per heavy atom. The Labute approximate surface area is 137 Å². The fraction of sp³-hybridized carbons (Fsp3) is 0.111. The third-order valence-corrected chi connectivity index (χ3v) is 4.11. The van der Waals surface area contributed by atoms with Crippen LogP contribution in [0.25, 0.3) is 10.9 Å². The summed E-state index contributed by atoms with van der Waals surface area (Å²) in [6, 6.07) is 12.0. The van der Waals surface area contributed by atoms with Crippen LogP contribution in [0.5, 0.6) is 0 Å². The van der Waals surface area contributed by atoms with E-state index < -0.39 is 18.2 Å². The Balaban J connectivity index is 1.49. The molecule has 2 aromatic carbocycles. The Kier molecular flexibility index (Phi) is 3.23. The maximum atomic E-state index is 12.3. The van der Waals surface area contributed by atoms with Gasteiger partial charge in [-0.25, -0.2) is 9.59 Å². The number of benzene rings is 2. The molecule has 0 bridgehead atoms. The zero-order valence-corrected chi connectivity index (χ0v) is 12.6. The number of anilines is 1. The quantitative estimate of drug-likeness (QED) is 0.645. The number of carboxylic acids is 1. The lowest BCUT2D eigenvalue weighted by atomic mass is 10.1. The molecule has 1 unspecified atom stereocenters. The zero-order chi connectivity index (χ0) is 16.7. The van der Waals surface area contributed by atoms with Crippen molar-refractivity contribution in [3.05, 3.63) is 65.4 Å². The molecule has 0 spiro atoms. The average Bonchev–Trinajstić information content (AvgIpc) is 3.18. The molecule has 0 radical (unpaired) electrons. The number of fused-ring (bicyclic) bond motifs is 2. The number of aromatic carboxylic acids is 1. The molecule has 120 valence electrons. The average molecular weight is 322 g/mol. The second kappa shape index (κ2) is 5.42. The van der Waals surface area contributed by atoms with Gasteiger partial charge in [0.25, 0.3) is 0 Å². The first-order chi connectivity index (χ1) is 11.6. The molecule has 0 fully saturated rings. The van der Waals surface area contributed by atoms with E-state index in [1.807, 2.05) is 18.3 Å². The number of esters is 1. The number of carbonyl (C=O) groups is 2. The molecule has 2 heterocycles. The highest BCUT2D eigenvalue weighted by Crippen LogP contribution is 2.28. The molecule has 1 aliphatic heterocycles. The summed E-state index contributed by atoms with van der Waals surface area (Å²) in [5.41, 5.74) is 3.28. The van der Waals surface area contributed by atoms with E-state index in [1.54, 1.807) is 24.3 Å². The molecular weight excluding hydrogens is 308 g/mol. The van der Waals surface area contributed by atoms with Gasteiger partial charge in [-0.05, 0) is 48.0 Å². The smallest absolute Gasteiger partial charge is 0.340 e. The predicted molar refractivity (Wildman–Crippen MR) is 88.2 cm³/mol. The fourth-order valence-corrected chi connectivity index (χ4v) is 2.91. The van der Waals surface area contributed by atoms with Crippen LogP contribution in [0.15, 0.2) is 48.7 Å². The van der Waals surface area contributed by atoms with Crippen molar-refractivity contribution in [1.29, 1.82) is 0 Å². The monoisotopic (exact) mass is 322 g/mol. The lowest BCUT2D eigenvalue weighted by Gasteiger charge is -2.12. The van der Waals surface area contributed by atoms with Crippen molar-refractivity contribution >= 4 is 28.5 Å². The van der Waals surface area contributed by atoms with Gasteiger partial charge in [0, 0.05) is 29.2 Å². The molecule has 6 nitrogen and oxygen atoms in total. The minimum atomic E-state index is -0.974. The van der Waals surface area contributed by atoms with Crippen molar-refractivity contribution in [2.45, 2.75) is 12.6 Å². The van der Waals surface area contributed by atoms with Gasteiger partial charge in [-0.3, -0.25) is 0 Å². The van der Waals surface area contributed by atoms with Crippen LogP contribution in [0.1, 0.15) is 26.3 Å². The molecule has 24 heavy (non-hydrogen) atoms. The van der Waals surface area contributed by atoms with Crippen LogP contribution < -0.4 is 5.32 Å². The molecule has 0 amide bonds. The summed E-state index contributed by atoms with van der Waals surface area (Å²) >= 11 is 0. The normalized spacial score (nSPS) is 15.8. The lowest BCUT2D eigenvalue weighted by Crippen LogP contribution is -2.23. The summed E-state index contributed by atoms with van der Waals surface area (Å²) < 4.78 is 5.50. The van der Waals surface area contributed by atoms with Crippen molar-refractivity contribution in [3.63, 3.8) is 0 Å². The predicted octanol–water partition coefficient (Wildman–Crippen LogP) is 3.02. The minimum Gasteiger partial charge on any atom is -0.478 e. The molecule has 0 saturated heterocycles. The first-order valence-electron chi connectivity index (χ1n) is 7.51. The van der Waals surface area contributed by atoms with Crippen molar-refractivity contribution in [2.75, 3.05) is 5.32 Å². The third-order valence-electron chi connectivity index (χ3n) is 4.11. The molecule has 3 aromatic rings. The second-order valence-corrected chi connectivity index (χ2v) is 5.70. The van der Waals surface area contributed by atoms with Crippen LogP contribution in [0.4, 0.5) is 5.69 Å². The number of hydrogen-bond acceptors (Lipinski definition) is 4. The highest BCUT2D eigenvalue weighted by atomic mass is 16.6. The molecule has 4 rings (SSSR count). The van der Waals surface area contributed by atoms with Crippen molar-refractivity contribution in [2.24, 2.45) is 0 Å². The van der Waals surface area contributed by atoms with Crippen LogP contribution in [0.2, 0.25) is 0 Å². The molecule has 6 heteroatoms. The Hall–Kier alpha value is -3.28. The van der Waals surface area contributed by atoms with Gasteiger partial charge in [0.15, 0.2) is 6.23 Å². The van der Waals surface area contributed by atoms with E-state index in [2.05, 4.69) is 10.3 Å². The molecular formula is C18H14N2O4. The number of carboxylic acid groups (broad SMARTS) is 1. The molecule has 0 saturated carbocycles. The standard InChI is InChI=1S/C18H14N2O4/c21-17(22)11-1-4-15-13(8-11)9-16(20-15)24-18(23)12-2-3-14-10(7-12)5-6-19-14/h1-8,16,19-20H,9H2,(H,21,22). The number of aromatic nitrogens is 1. The Morgan fingerprint density at radius 3 is 2.75 bits per heavy atom. The number of rotatable bonds is 3. The van der Waals surface area contributed by atoms with E-state index in [9.17, 15) is 9.59 Å². The summed E-state index contributed by atoms with van der Waals surface area (Å²) in [6.45, 7) is 0. The van der Waals surface area contributed by atoms with E-state index in [1.165, 1.54) is 6.07 Å². The van der Waals surface area contributed by atoms with Gasteiger partial charge >= 0.3 is 11.9 Å². The first kappa shape index (κ1) is 14.3. The van der Waals surface area contributed by atoms with E-state index >= 15 is 0 Å². The summed E-state index contributed by atoms with van der Waals surface area (Å²) in [7, 11) is 0. The highest BCUT2D eigenvalue weighted by Gasteiger charge is 2.25. The maximum Gasteiger partial charge on any atom is 0.340 e. The third kappa shape index (κ3) is 2.48. The van der Waals surface area contributed by atoms with Gasteiger partial charge in [0.05, 0.1) is 11.1 Å². The van der Waals surface area contributed by atoms with Crippen molar-refractivity contribution < 1.29 is 19.4 Å². The van der Waals surface area contributed by atoms with Crippen LogP contribution in [-0.2, 0) is 11.2 Å². The Bertz CT molecular complexity index is 961. The van der Waals surface area contributed by atoms with Crippen LogP contribution in [-0.4, -0.2) is 28.3 Å². The maximum absolute atomic E-state index is 12.3. The number of aromatic amines is 1. The summed E-state index contributed by atoms with van der Waals surface area (Å²) in [6.07, 6.45) is 1.75. The van der Waals surface area contributed by atoms with Crippen LogP contribution in [0, 0.1) is 0 Å². The van der Waals surface area contributed by atoms with Gasteiger partial charge in [0.2, 0.25) is 0 Å². The van der Waals surface area contributed by atoms with Gasteiger partial charge in [0.1, 0.15) is 0 Å². The molecule has 0 aliphatic carbocycles. The van der Waals surface area contributed by atoms with E-state index in [4.69, 9.17) is 9.84 Å². The fourth-order valence-electron chi connectivity index (χ4n) is 2.91. The van der Waals surface area contributed by atoms with E-state index in [0.29, 0.717) is 12.0 Å². The topological polar surface area (TPSA) is 91.4 Å². The van der Waals surface area contributed by atoms with Crippen molar-refractivity contribution in [1.82, 2.24) is 4.98 Å². The lowest BCUT2D eigenvalue weighted by molar-refractivity contribution is 0.0373. The molecule has 1 aliphatic rings. The number of carbonyl (C=O) groups excluding carboxylic acids is 1. The second-order valence-electron chi connectivity index (χ2n) is 5.70. The molecule has 3 N–H and O–H groups in total. The largest absolute Gasteiger partial charge is 0.478 e. The summed E-state index contributed by atoms with van der Waals surface area (Å²) in [4.78, 5) is 26.4. The summed E-state index contributed by atoms with van der Waals surface area (Å²) in [5.74, 6) is -1.39. The van der Waals surface area contributed by atoms with E-state index in [0.717, 1.165) is 22.2 Å². The Morgan fingerprint density at radius 2 is 1.92 bits per heavy atom. The summed E-state index contributed by atoms with van der Waals surface area (Å²) in [5, 5.41) is 13.1. The van der Waals surface area contributed by atoms with Gasteiger partial charge in [-0.2, -0.15) is 0 Å². The molecule has 1 atom stereocenters. The number of H-pyrrole nitrogens is 1. The SMILES string of the molecule is O=C(O)c1ccc2c(c1)CC(OC(=O)c1ccc3[nH]ccc3c1)N2.